The molecule has 0 aromatic heterocycles. The summed E-state index contributed by atoms with van der Waals surface area (Å²) in [6, 6.07) is 0.315. The molecular weight excluding hydrogens is 682 g/mol. The smallest absolute Gasteiger partial charge is 0.306 e. The summed E-state index contributed by atoms with van der Waals surface area (Å²) < 4.78 is 49.3. The normalized spacial score (nSPS) is 45.4. The standard InChI is InChI=1S/C41H65NO11/c1-10-24-12-11-13-34(53-36-15-14-32(42(5)6)22(3)49-36)21(2)37(45)31-18-27-26-16-25(17-30(26)33(43)19-28(27)29(31)20-35(44)51-24)52-41-40(48-9)39(47-8)38(46-7)23(4)50-41/h18,21-30,32,34,36,38-41H,10-17,19-20H2,1-9H3/t21-,22?,23?,24+,25+,26+,27+,28-,29+,30-,32+,34+,36+,38+,39?,40?,41+/m1/s1. The molecule has 0 radical (unpaired) electrons. The Kier molecular flexibility index (Phi) is 13.6. The van der Waals surface area contributed by atoms with E-state index in [0.717, 1.165) is 19.3 Å². The first-order chi connectivity index (χ1) is 25.4. The summed E-state index contributed by atoms with van der Waals surface area (Å²) in [4.78, 5) is 44.3. The minimum Gasteiger partial charge on any atom is -0.462 e. The Bertz CT molecular complexity index is 1320. The van der Waals surface area contributed by atoms with Crippen LogP contribution in [0.2, 0.25) is 0 Å². The van der Waals surface area contributed by atoms with Gasteiger partial charge in [-0.15, -0.1) is 0 Å². The number of hydrogen-bond donors (Lipinski definition) is 0. The van der Waals surface area contributed by atoms with Gasteiger partial charge in [-0.3, -0.25) is 14.4 Å². The zero-order valence-corrected chi connectivity index (χ0v) is 33.4. The number of carbonyl (C=O) groups excluding carboxylic acids is 3. The summed E-state index contributed by atoms with van der Waals surface area (Å²) in [7, 11) is 9.02. The van der Waals surface area contributed by atoms with E-state index in [1.165, 1.54) is 0 Å². The second-order valence-corrected chi connectivity index (χ2v) is 16.8. The topological polar surface area (TPSA) is 128 Å². The van der Waals surface area contributed by atoms with Crippen molar-refractivity contribution in [3.63, 3.8) is 0 Å². The zero-order chi connectivity index (χ0) is 38.1. The van der Waals surface area contributed by atoms with E-state index in [0.29, 0.717) is 50.1 Å². The van der Waals surface area contributed by atoms with E-state index >= 15 is 0 Å². The van der Waals surface area contributed by atoms with Crippen molar-refractivity contribution in [1.82, 2.24) is 4.90 Å². The molecule has 3 aliphatic heterocycles. The molecule has 0 amide bonds. The van der Waals surface area contributed by atoms with Crippen molar-refractivity contribution in [1.29, 1.82) is 0 Å². The summed E-state index contributed by atoms with van der Waals surface area (Å²) >= 11 is 0. The number of esters is 1. The van der Waals surface area contributed by atoms with Gasteiger partial charge in [-0.05, 0) is 103 Å². The number of ketones is 2. The Morgan fingerprint density at radius 2 is 1.53 bits per heavy atom. The predicted molar refractivity (Wildman–Crippen MR) is 195 cm³/mol. The number of Topliss-reactive ketones (excluding diaryl/α,β-unsaturated/α-hetero) is 2. The van der Waals surface area contributed by atoms with E-state index in [-0.39, 0.29) is 103 Å². The van der Waals surface area contributed by atoms with Crippen LogP contribution in [-0.2, 0) is 52.3 Å². The molecule has 3 heterocycles. The van der Waals surface area contributed by atoms with Crippen molar-refractivity contribution in [3.8, 4) is 0 Å². The Balaban J connectivity index is 1.22. The SMILES string of the molecule is CC[C@H]1CCC[C@H](O[C@H]2CC[C@H](N(C)C)C(C)O2)[C@@H](C)C(=O)C2=C[C@@H]3[C@@H](CC(=O)[C@@H]4C[C@@H](O[C@@H]5OC(C)[C@H](OC)C(OC)C5OC)C[C@@H]34)[C@@H]2CC(=O)O1. The highest BCUT2D eigenvalue weighted by Gasteiger charge is 2.56. The molecule has 4 unspecified atom stereocenters. The largest absolute Gasteiger partial charge is 0.462 e. The number of fused-ring (bicyclic) bond motifs is 5. The zero-order valence-electron chi connectivity index (χ0n) is 33.4. The number of nitrogens with zero attached hydrogens (tertiary/aromatic N) is 1. The van der Waals surface area contributed by atoms with Gasteiger partial charge in [0.1, 0.15) is 30.2 Å². The quantitative estimate of drug-likeness (QED) is 0.298. The Labute approximate surface area is 316 Å². The fraction of sp³-hybridized carbons (Fsp3) is 0.878. The monoisotopic (exact) mass is 747 g/mol. The number of ether oxygens (including phenoxy) is 8. The molecule has 300 valence electrons. The van der Waals surface area contributed by atoms with Gasteiger partial charge in [-0.1, -0.05) is 19.9 Å². The van der Waals surface area contributed by atoms with Crippen LogP contribution in [0.4, 0.5) is 0 Å². The van der Waals surface area contributed by atoms with Crippen LogP contribution in [-0.4, -0.2) is 125 Å². The predicted octanol–water partition coefficient (Wildman–Crippen LogP) is 4.89. The number of rotatable bonds is 9. The number of hydrogen-bond acceptors (Lipinski definition) is 12. The number of allylic oxidation sites excluding steroid dienone is 2. The molecule has 0 bridgehead atoms. The molecule has 0 aromatic rings. The second-order valence-electron chi connectivity index (χ2n) is 16.8. The summed E-state index contributed by atoms with van der Waals surface area (Å²) in [5.74, 6) is -1.30. The first kappa shape index (κ1) is 40.9. The molecule has 0 N–H and O–H groups in total. The van der Waals surface area contributed by atoms with Crippen molar-refractivity contribution < 1.29 is 52.3 Å². The van der Waals surface area contributed by atoms with Gasteiger partial charge in [-0.2, -0.15) is 0 Å². The third-order valence-corrected chi connectivity index (χ3v) is 13.6. The van der Waals surface area contributed by atoms with Crippen LogP contribution in [0, 0.1) is 35.5 Å². The van der Waals surface area contributed by atoms with Crippen LogP contribution in [0.25, 0.3) is 0 Å². The molecule has 0 aromatic carbocycles. The van der Waals surface area contributed by atoms with Gasteiger partial charge in [0.25, 0.3) is 0 Å². The van der Waals surface area contributed by atoms with Crippen LogP contribution in [0.1, 0.15) is 91.9 Å². The Morgan fingerprint density at radius 3 is 2.19 bits per heavy atom. The summed E-state index contributed by atoms with van der Waals surface area (Å²) in [6.07, 6.45) is 5.00. The lowest BCUT2D eigenvalue weighted by Gasteiger charge is -2.44. The highest BCUT2D eigenvalue weighted by molar-refractivity contribution is 5.99. The van der Waals surface area contributed by atoms with Crippen LogP contribution < -0.4 is 0 Å². The van der Waals surface area contributed by atoms with Gasteiger partial charge < -0.3 is 42.8 Å². The molecule has 3 saturated heterocycles. The van der Waals surface area contributed by atoms with E-state index in [1.54, 1.807) is 21.3 Å². The minimum absolute atomic E-state index is 0.00507. The highest BCUT2D eigenvalue weighted by atomic mass is 16.7. The third kappa shape index (κ3) is 8.50. The average molecular weight is 748 g/mol. The molecule has 3 aliphatic carbocycles. The molecular formula is C41H65NO11. The van der Waals surface area contributed by atoms with Gasteiger partial charge in [-0.25, -0.2) is 0 Å². The van der Waals surface area contributed by atoms with E-state index in [9.17, 15) is 14.4 Å². The summed E-state index contributed by atoms with van der Waals surface area (Å²) in [6.45, 7) is 8.03. The minimum atomic E-state index is -0.690. The van der Waals surface area contributed by atoms with Crippen molar-refractivity contribution in [3.05, 3.63) is 11.6 Å². The van der Waals surface area contributed by atoms with Crippen molar-refractivity contribution in [2.24, 2.45) is 35.5 Å². The van der Waals surface area contributed by atoms with Gasteiger partial charge in [0.15, 0.2) is 18.4 Å². The summed E-state index contributed by atoms with van der Waals surface area (Å²) in [5, 5.41) is 0. The fourth-order valence-electron chi connectivity index (χ4n) is 10.7. The molecule has 6 rings (SSSR count). The van der Waals surface area contributed by atoms with Crippen molar-refractivity contribution in [2.45, 2.75) is 159 Å². The lowest BCUT2D eigenvalue weighted by Crippen LogP contribution is -2.59. The molecule has 12 nitrogen and oxygen atoms in total. The Hall–Kier alpha value is -1.77. The number of methoxy groups -OCH3 is 3. The maximum atomic E-state index is 14.7. The van der Waals surface area contributed by atoms with Gasteiger partial charge in [0, 0.05) is 51.5 Å². The van der Waals surface area contributed by atoms with E-state index in [2.05, 4.69) is 32.0 Å². The molecule has 2 saturated carbocycles. The Morgan fingerprint density at radius 1 is 0.792 bits per heavy atom. The maximum Gasteiger partial charge on any atom is 0.306 e. The lowest BCUT2D eigenvalue weighted by atomic mass is 9.65. The molecule has 6 aliphatic rings. The first-order valence-corrected chi connectivity index (χ1v) is 20.2. The summed E-state index contributed by atoms with van der Waals surface area (Å²) in [5.41, 5.74) is 0.660. The lowest BCUT2D eigenvalue weighted by molar-refractivity contribution is -0.314. The molecule has 53 heavy (non-hydrogen) atoms. The van der Waals surface area contributed by atoms with E-state index in [1.807, 2.05) is 20.8 Å². The van der Waals surface area contributed by atoms with Crippen molar-refractivity contribution in [2.75, 3.05) is 35.4 Å². The first-order valence-electron chi connectivity index (χ1n) is 20.2. The van der Waals surface area contributed by atoms with Gasteiger partial charge in [0.05, 0.1) is 30.8 Å². The number of likely N-dealkylation sites (N-methyl/N-ethyl adjacent to an activating group) is 1. The maximum absolute atomic E-state index is 14.7. The van der Waals surface area contributed by atoms with E-state index < -0.39 is 18.3 Å². The fourth-order valence-corrected chi connectivity index (χ4v) is 10.7. The van der Waals surface area contributed by atoms with Gasteiger partial charge >= 0.3 is 5.97 Å². The molecule has 0 spiro atoms. The third-order valence-electron chi connectivity index (χ3n) is 13.6. The van der Waals surface area contributed by atoms with Crippen LogP contribution in [0.5, 0.6) is 0 Å². The number of cyclic esters (lactones) is 1. The van der Waals surface area contributed by atoms with Crippen LogP contribution in [0.3, 0.4) is 0 Å². The number of carbonyl (C=O) groups is 3. The average Bonchev–Trinajstić information content (AvgIpc) is 3.71. The molecule has 12 heteroatoms. The molecule has 17 atom stereocenters. The van der Waals surface area contributed by atoms with Crippen molar-refractivity contribution >= 4 is 17.5 Å². The van der Waals surface area contributed by atoms with Gasteiger partial charge in [0.2, 0.25) is 0 Å². The van der Waals surface area contributed by atoms with Crippen LogP contribution >= 0.6 is 0 Å². The van der Waals surface area contributed by atoms with E-state index in [4.69, 9.17) is 37.9 Å². The second kappa shape index (κ2) is 17.6. The van der Waals surface area contributed by atoms with Crippen LogP contribution in [0.15, 0.2) is 11.6 Å². The highest BCUT2D eigenvalue weighted by Crippen LogP contribution is 2.56. The molecule has 5 fully saturated rings.